The maximum absolute atomic E-state index is 5.82. The topological polar surface area (TPSA) is 39.9 Å². The van der Waals surface area contributed by atoms with Gasteiger partial charge in [-0.2, -0.15) is 0 Å². The van der Waals surface area contributed by atoms with Crippen molar-refractivity contribution in [1.82, 2.24) is 14.8 Å². The molecule has 0 bridgehead atoms. The second kappa shape index (κ2) is 3.90. The summed E-state index contributed by atoms with van der Waals surface area (Å²) in [6, 6.07) is 0. The van der Waals surface area contributed by atoms with E-state index >= 15 is 0 Å². The van der Waals surface area contributed by atoms with Gasteiger partial charge in [0.15, 0.2) is 5.82 Å². The lowest BCUT2D eigenvalue weighted by molar-refractivity contribution is 0.0493. The van der Waals surface area contributed by atoms with Gasteiger partial charge in [-0.05, 0) is 36.7 Å². The van der Waals surface area contributed by atoms with Crippen molar-refractivity contribution >= 4 is 27.3 Å². The lowest BCUT2D eigenvalue weighted by Gasteiger charge is -2.08. The molecule has 0 amide bonds. The van der Waals surface area contributed by atoms with Crippen LogP contribution in [0.4, 0.5) is 0 Å². The van der Waals surface area contributed by atoms with E-state index in [-0.39, 0.29) is 6.10 Å². The first-order chi connectivity index (χ1) is 8.09. The highest BCUT2D eigenvalue weighted by atomic mass is 79.9. The highest BCUT2D eigenvalue weighted by molar-refractivity contribution is 9.10. The van der Waals surface area contributed by atoms with Crippen LogP contribution in [0.1, 0.15) is 35.1 Å². The van der Waals surface area contributed by atoms with Gasteiger partial charge in [0.05, 0.1) is 6.61 Å². The Bertz CT molecular complexity index is 590. The lowest BCUT2D eigenvalue weighted by Crippen LogP contribution is -2.04. The number of halogens is 1. The summed E-state index contributed by atoms with van der Waals surface area (Å²) in [5.74, 6) is 1.79. The standard InChI is InChI=1S/C11H12BrN3OS/c1-5-10-14-13-7(3)15(10)11-8(4-16-5)9(12)6(2)17-11/h5H,4H2,1-3H3. The van der Waals surface area contributed by atoms with Crippen LogP contribution in [0, 0.1) is 13.8 Å². The van der Waals surface area contributed by atoms with E-state index in [1.54, 1.807) is 11.3 Å². The molecule has 0 saturated heterocycles. The third kappa shape index (κ3) is 1.58. The van der Waals surface area contributed by atoms with Crippen LogP contribution in [0.3, 0.4) is 0 Å². The molecule has 0 spiro atoms. The first-order valence-corrected chi connectivity index (χ1v) is 7.02. The van der Waals surface area contributed by atoms with Crippen molar-refractivity contribution in [3.8, 4) is 5.00 Å². The van der Waals surface area contributed by atoms with Crippen LogP contribution >= 0.6 is 27.3 Å². The number of hydrogen-bond donors (Lipinski definition) is 0. The minimum atomic E-state index is -0.0250. The lowest BCUT2D eigenvalue weighted by atomic mass is 10.3. The summed E-state index contributed by atoms with van der Waals surface area (Å²) >= 11 is 5.38. The predicted molar refractivity (Wildman–Crippen MR) is 69.6 cm³/mol. The number of nitrogens with zero attached hydrogens (tertiary/aromatic N) is 3. The Kier molecular flexibility index (Phi) is 2.61. The molecule has 0 radical (unpaired) electrons. The van der Waals surface area contributed by atoms with Gasteiger partial charge in [0, 0.05) is 14.9 Å². The zero-order valence-corrected chi connectivity index (χ0v) is 12.2. The van der Waals surface area contributed by atoms with Crippen molar-refractivity contribution in [3.05, 3.63) is 26.6 Å². The second-order valence-electron chi connectivity index (χ2n) is 4.15. The highest BCUT2D eigenvalue weighted by Gasteiger charge is 2.27. The highest BCUT2D eigenvalue weighted by Crippen LogP contribution is 2.40. The number of thiophene rings is 1. The van der Waals surface area contributed by atoms with Gasteiger partial charge in [0.2, 0.25) is 0 Å². The predicted octanol–water partition coefficient (Wildman–Crippen LogP) is 3.30. The van der Waals surface area contributed by atoms with Crippen molar-refractivity contribution in [2.45, 2.75) is 33.5 Å². The first-order valence-electron chi connectivity index (χ1n) is 5.41. The fourth-order valence-electron chi connectivity index (χ4n) is 2.04. The van der Waals surface area contributed by atoms with Crippen LogP contribution in [-0.2, 0) is 11.3 Å². The Morgan fingerprint density at radius 2 is 2.18 bits per heavy atom. The largest absolute Gasteiger partial charge is 0.366 e. The van der Waals surface area contributed by atoms with Crippen LogP contribution in [-0.4, -0.2) is 14.8 Å². The minimum absolute atomic E-state index is 0.0250. The van der Waals surface area contributed by atoms with E-state index in [4.69, 9.17) is 4.74 Å². The summed E-state index contributed by atoms with van der Waals surface area (Å²) < 4.78 is 9.07. The Morgan fingerprint density at radius 1 is 1.41 bits per heavy atom. The fourth-order valence-corrected chi connectivity index (χ4v) is 3.82. The number of hydrogen-bond acceptors (Lipinski definition) is 4. The number of aromatic nitrogens is 3. The monoisotopic (exact) mass is 313 g/mol. The summed E-state index contributed by atoms with van der Waals surface area (Å²) in [5.41, 5.74) is 1.20. The van der Waals surface area contributed by atoms with Gasteiger partial charge < -0.3 is 4.74 Å². The zero-order valence-electron chi connectivity index (χ0n) is 9.82. The summed E-state index contributed by atoms with van der Waals surface area (Å²) in [6.07, 6.45) is -0.0250. The quantitative estimate of drug-likeness (QED) is 0.749. The Morgan fingerprint density at radius 3 is 2.94 bits per heavy atom. The van der Waals surface area contributed by atoms with Crippen LogP contribution in [0.2, 0.25) is 0 Å². The summed E-state index contributed by atoms with van der Waals surface area (Å²) in [7, 11) is 0. The molecule has 0 aliphatic carbocycles. The van der Waals surface area contributed by atoms with E-state index in [2.05, 4.69) is 37.6 Å². The number of ether oxygens (including phenoxy) is 1. The molecule has 2 aromatic heterocycles. The van der Waals surface area contributed by atoms with E-state index in [9.17, 15) is 0 Å². The van der Waals surface area contributed by atoms with Crippen molar-refractivity contribution < 1.29 is 4.74 Å². The van der Waals surface area contributed by atoms with Crippen LogP contribution in [0.25, 0.3) is 5.00 Å². The summed E-state index contributed by atoms with van der Waals surface area (Å²) in [6.45, 7) is 6.70. The van der Waals surface area contributed by atoms with Crippen molar-refractivity contribution in [2.75, 3.05) is 0 Å². The van der Waals surface area contributed by atoms with E-state index in [1.807, 2.05) is 13.8 Å². The fraction of sp³-hybridized carbons (Fsp3) is 0.455. The number of aryl methyl sites for hydroxylation is 2. The molecule has 2 aromatic rings. The number of fused-ring (bicyclic) bond motifs is 3. The third-order valence-corrected chi connectivity index (χ3v) is 5.44. The minimum Gasteiger partial charge on any atom is -0.366 e. The van der Waals surface area contributed by atoms with Crippen LogP contribution in [0.5, 0.6) is 0 Å². The van der Waals surface area contributed by atoms with Gasteiger partial charge in [-0.15, -0.1) is 21.5 Å². The molecule has 6 heteroatoms. The zero-order chi connectivity index (χ0) is 12.2. The molecule has 1 unspecified atom stereocenters. The molecule has 17 heavy (non-hydrogen) atoms. The van der Waals surface area contributed by atoms with E-state index in [0.717, 1.165) is 16.1 Å². The van der Waals surface area contributed by atoms with Crippen LogP contribution in [0.15, 0.2) is 4.47 Å². The molecular formula is C11H12BrN3OS. The Labute approximate surface area is 112 Å². The molecule has 0 aromatic carbocycles. The van der Waals surface area contributed by atoms with E-state index in [0.29, 0.717) is 6.61 Å². The summed E-state index contributed by atoms with van der Waals surface area (Å²) in [5, 5.41) is 9.54. The van der Waals surface area contributed by atoms with Gasteiger partial charge in [0.25, 0.3) is 0 Å². The SMILES string of the molecule is Cc1sc2c(c1Br)COC(C)c1nnc(C)n1-2. The van der Waals surface area contributed by atoms with E-state index in [1.165, 1.54) is 15.4 Å². The summed E-state index contributed by atoms with van der Waals surface area (Å²) in [4.78, 5) is 1.26. The molecule has 3 rings (SSSR count). The van der Waals surface area contributed by atoms with E-state index < -0.39 is 0 Å². The smallest absolute Gasteiger partial charge is 0.167 e. The number of rotatable bonds is 0. The molecule has 0 saturated carbocycles. The van der Waals surface area contributed by atoms with Crippen molar-refractivity contribution in [3.63, 3.8) is 0 Å². The Balaban J connectivity index is 2.32. The van der Waals surface area contributed by atoms with Gasteiger partial charge in [-0.25, -0.2) is 0 Å². The maximum atomic E-state index is 5.82. The average molecular weight is 314 g/mol. The first kappa shape index (κ1) is 11.4. The van der Waals surface area contributed by atoms with Gasteiger partial charge in [0.1, 0.15) is 16.9 Å². The molecule has 3 heterocycles. The van der Waals surface area contributed by atoms with Gasteiger partial charge in [-0.1, -0.05) is 0 Å². The molecule has 0 N–H and O–H groups in total. The molecule has 4 nitrogen and oxygen atoms in total. The van der Waals surface area contributed by atoms with Crippen LogP contribution < -0.4 is 0 Å². The van der Waals surface area contributed by atoms with Crippen molar-refractivity contribution in [2.24, 2.45) is 0 Å². The maximum Gasteiger partial charge on any atom is 0.167 e. The normalized spacial score (nSPS) is 18.7. The molecule has 0 fully saturated rings. The molecule has 1 aliphatic heterocycles. The van der Waals surface area contributed by atoms with Gasteiger partial charge in [-0.3, -0.25) is 4.57 Å². The molecule has 90 valence electrons. The molecule has 1 atom stereocenters. The second-order valence-corrected chi connectivity index (χ2v) is 6.15. The van der Waals surface area contributed by atoms with Gasteiger partial charge >= 0.3 is 0 Å². The molecule has 1 aliphatic rings. The van der Waals surface area contributed by atoms with Crippen molar-refractivity contribution in [1.29, 1.82) is 0 Å². The third-order valence-electron chi connectivity index (χ3n) is 2.98. The Hall–Kier alpha value is -0.720. The molecular weight excluding hydrogens is 302 g/mol. The average Bonchev–Trinajstić information content (AvgIpc) is 2.75.